The number of rotatable bonds is 10. The molecule has 0 radical (unpaired) electrons. The van der Waals surface area contributed by atoms with Crippen LogP contribution in [0.15, 0.2) is 67.0 Å². The fourth-order valence-corrected chi connectivity index (χ4v) is 5.89. The van der Waals surface area contributed by atoms with Crippen LogP contribution >= 0.6 is 0 Å². The van der Waals surface area contributed by atoms with E-state index in [1.165, 1.54) is 44.4 Å². The van der Waals surface area contributed by atoms with E-state index in [9.17, 15) is 19.4 Å². The number of phenols is 1. The van der Waals surface area contributed by atoms with Crippen molar-refractivity contribution in [1.82, 2.24) is 14.5 Å². The normalized spacial score (nSPS) is 12.1. The molecule has 0 saturated carbocycles. The molecule has 0 spiro atoms. The summed E-state index contributed by atoms with van der Waals surface area (Å²) in [6, 6.07) is 16.1. The quantitative estimate of drug-likeness (QED) is 0.106. The third-order valence-corrected chi connectivity index (χ3v) is 9.57. The molecule has 5 rings (SSSR count). The van der Waals surface area contributed by atoms with Gasteiger partial charge in [-0.25, -0.2) is 18.7 Å². The van der Waals surface area contributed by atoms with Crippen molar-refractivity contribution in [2.75, 3.05) is 11.9 Å². The summed E-state index contributed by atoms with van der Waals surface area (Å²) in [6.45, 7) is 12.4. The van der Waals surface area contributed by atoms with Gasteiger partial charge in [-0.15, -0.1) is 0 Å². The van der Waals surface area contributed by atoms with Crippen molar-refractivity contribution < 1.29 is 28.5 Å². The largest absolute Gasteiger partial charge is 0.508 e. The van der Waals surface area contributed by atoms with E-state index < -0.39 is 31.2 Å². The number of fused-ring (bicyclic) bond motifs is 1. The monoisotopic (exact) mass is 644 g/mol. The number of nitrogens with one attached hydrogen (secondary N) is 1. The first-order chi connectivity index (χ1) is 21.6. The topological polar surface area (TPSA) is 110 Å². The van der Waals surface area contributed by atoms with Gasteiger partial charge in [-0.2, -0.15) is 0 Å². The first-order valence-corrected chi connectivity index (χ1v) is 18.7. The van der Waals surface area contributed by atoms with Crippen LogP contribution in [-0.4, -0.2) is 45.3 Å². The first kappa shape index (κ1) is 32.9. The van der Waals surface area contributed by atoms with Crippen LogP contribution < -0.4 is 5.32 Å². The highest BCUT2D eigenvalue weighted by Crippen LogP contribution is 2.37. The van der Waals surface area contributed by atoms with Gasteiger partial charge < -0.3 is 24.8 Å². The predicted molar refractivity (Wildman–Crippen MR) is 178 cm³/mol. The van der Waals surface area contributed by atoms with E-state index in [0.717, 1.165) is 23.4 Å². The second-order valence-corrected chi connectivity index (χ2v) is 18.8. The number of phenolic OH excluding ortho intramolecular Hbond substituents is 1. The number of aromatic hydroxyl groups is 1. The Labute approximate surface area is 267 Å². The van der Waals surface area contributed by atoms with Crippen LogP contribution in [0.3, 0.4) is 0 Å². The molecule has 0 fully saturated rings. The lowest BCUT2D eigenvalue weighted by molar-refractivity contribution is 0.0780. The van der Waals surface area contributed by atoms with Gasteiger partial charge in [0.2, 0.25) is 0 Å². The molecular formula is C35H38F2N4O4Si. The third kappa shape index (κ3) is 7.17. The third-order valence-electron chi connectivity index (χ3n) is 7.87. The van der Waals surface area contributed by atoms with E-state index in [1.807, 2.05) is 10.6 Å². The molecule has 0 atom stereocenters. The van der Waals surface area contributed by atoms with Gasteiger partial charge in [0.05, 0.1) is 22.6 Å². The molecule has 8 nitrogen and oxygen atoms in total. The van der Waals surface area contributed by atoms with Crippen molar-refractivity contribution in [3.8, 4) is 28.3 Å². The molecule has 0 aliphatic carbocycles. The van der Waals surface area contributed by atoms with Crippen LogP contribution in [0.25, 0.3) is 33.5 Å². The summed E-state index contributed by atoms with van der Waals surface area (Å²) in [5, 5.41) is 23.4. The summed E-state index contributed by atoms with van der Waals surface area (Å²) in [5.41, 5.74) is 2.51. The summed E-state index contributed by atoms with van der Waals surface area (Å²) in [6.07, 6.45) is 1.40. The molecule has 2 aromatic heterocycles. The second-order valence-electron chi connectivity index (χ2n) is 13.1. The number of halogens is 2. The number of nitrogens with zero attached hydrogens (tertiary/aromatic N) is 3. The maximum absolute atomic E-state index is 15.2. The van der Waals surface area contributed by atoms with Crippen molar-refractivity contribution in [1.29, 1.82) is 0 Å². The van der Waals surface area contributed by atoms with Crippen LogP contribution in [-0.2, 0) is 17.1 Å². The molecule has 46 heavy (non-hydrogen) atoms. The fraction of sp³-hybridized carbons (Fsp3) is 0.286. The lowest BCUT2D eigenvalue weighted by Crippen LogP contribution is -2.22. The van der Waals surface area contributed by atoms with Crippen LogP contribution in [0.4, 0.5) is 14.5 Å². The predicted octanol–water partition coefficient (Wildman–Crippen LogP) is 7.85. The maximum atomic E-state index is 15.2. The van der Waals surface area contributed by atoms with Gasteiger partial charge in [0.1, 0.15) is 36.1 Å². The summed E-state index contributed by atoms with van der Waals surface area (Å²) in [7, 11) is -1.32. The minimum Gasteiger partial charge on any atom is -0.508 e. The Bertz CT molecular complexity index is 1910. The Morgan fingerprint density at radius 2 is 1.74 bits per heavy atom. The van der Waals surface area contributed by atoms with Crippen molar-refractivity contribution in [3.63, 3.8) is 0 Å². The SMILES string of the molecule is Cc1c(NC(=O)c2ccc(C(C)(C)O)cc2F)cc(F)cc1-c1ncnc2c1cc(-c1ccc(O)cc1)n2COCC[Si](C)(C)C. The molecule has 240 valence electrons. The van der Waals surface area contributed by atoms with E-state index in [0.29, 0.717) is 40.0 Å². The minimum absolute atomic E-state index is 0.135. The van der Waals surface area contributed by atoms with Crippen LogP contribution in [0.1, 0.15) is 35.3 Å². The van der Waals surface area contributed by atoms with Gasteiger partial charge in [-0.1, -0.05) is 25.7 Å². The van der Waals surface area contributed by atoms with Gasteiger partial charge >= 0.3 is 0 Å². The lowest BCUT2D eigenvalue weighted by Gasteiger charge is -2.18. The first-order valence-electron chi connectivity index (χ1n) is 15.0. The molecule has 3 aromatic carbocycles. The van der Waals surface area contributed by atoms with Crippen molar-refractivity contribution in [2.45, 2.75) is 58.8 Å². The van der Waals surface area contributed by atoms with Gasteiger partial charge in [-0.05, 0) is 98.1 Å². The number of aromatic nitrogens is 3. The number of hydrogen-bond donors (Lipinski definition) is 3. The maximum Gasteiger partial charge on any atom is 0.258 e. The molecule has 3 N–H and O–H groups in total. The summed E-state index contributed by atoms with van der Waals surface area (Å²) >= 11 is 0. The van der Waals surface area contributed by atoms with Crippen LogP contribution in [0.5, 0.6) is 5.75 Å². The summed E-state index contributed by atoms with van der Waals surface area (Å²) in [5.74, 6) is -2.05. The number of ether oxygens (including phenoxy) is 1. The molecule has 5 aromatic rings. The Morgan fingerprint density at radius 1 is 1.02 bits per heavy atom. The highest BCUT2D eigenvalue weighted by molar-refractivity contribution is 6.76. The van der Waals surface area contributed by atoms with Gasteiger partial charge in [0, 0.05) is 31.3 Å². The Hall–Kier alpha value is -4.45. The smallest absolute Gasteiger partial charge is 0.258 e. The molecule has 1 amide bonds. The van der Waals surface area contributed by atoms with Crippen molar-refractivity contribution in [3.05, 3.63) is 95.3 Å². The van der Waals surface area contributed by atoms with Gasteiger partial charge in [0.15, 0.2) is 0 Å². The number of aliphatic hydroxyl groups is 1. The van der Waals surface area contributed by atoms with E-state index in [2.05, 4.69) is 34.9 Å². The average molecular weight is 645 g/mol. The Kier molecular flexibility index (Phi) is 9.12. The summed E-state index contributed by atoms with van der Waals surface area (Å²) < 4.78 is 38.1. The number of carbonyl (C=O) groups excluding carboxylic acids is 1. The molecule has 0 unspecified atom stereocenters. The highest BCUT2D eigenvalue weighted by atomic mass is 28.3. The molecule has 0 bridgehead atoms. The average Bonchev–Trinajstić information content (AvgIpc) is 3.35. The Morgan fingerprint density at radius 3 is 2.39 bits per heavy atom. The number of anilines is 1. The van der Waals surface area contributed by atoms with Gasteiger partial charge in [0.25, 0.3) is 5.91 Å². The molecule has 0 aliphatic heterocycles. The fourth-order valence-electron chi connectivity index (χ4n) is 5.14. The number of carbonyl (C=O) groups is 1. The number of benzene rings is 3. The zero-order chi connectivity index (χ0) is 33.4. The molecule has 11 heteroatoms. The molecule has 2 heterocycles. The minimum atomic E-state index is -1.32. The molecule has 0 saturated heterocycles. The zero-order valence-electron chi connectivity index (χ0n) is 26.8. The van der Waals surface area contributed by atoms with E-state index in [4.69, 9.17) is 4.74 Å². The number of amides is 1. The lowest BCUT2D eigenvalue weighted by atomic mass is 9.96. The zero-order valence-corrected chi connectivity index (χ0v) is 27.8. The van der Waals surface area contributed by atoms with E-state index in [-0.39, 0.29) is 23.7 Å². The Balaban J connectivity index is 1.55. The van der Waals surface area contributed by atoms with E-state index >= 15 is 4.39 Å². The second kappa shape index (κ2) is 12.7. The standard InChI is InChI=1S/C35H38F2N4O4Si/c1-21-27(16-24(36)17-30(21)40-34(43)26-12-9-23(15-29(26)37)35(2,3)44)32-28-18-31(22-7-10-25(42)11-8-22)41(33(28)39-19-38-32)20-45-13-14-46(4,5)6/h7-12,15-19,42,44H,13-14,20H2,1-6H3,(H,40,43). The highest BCUT2D eigenvalue weighted by Gasteiger charge is 2.23. The molecular weight excluding hydrogens is 606 g/mol. The van der Waals surface area contributed by atoms with Crippen LogP contribution in [0, 0.1) is 18.6 Å². The van der Waals surface area contributed by atoms with Gasteiger partial charge in [-0.3, -0.25) is 4.79 Å². The summed E-state index contributed by atoms with van der Waals surface area (Å²) in [4.78, 5) is 22.2. The van der Waals surface area contributed by atoms with Crippen molar-refractivity contribution in [2.24, 2.45) is 0 Å². The van der Waals surface area contributed by atoms with Crippen molar-refractivity contribution >= 4 is 30.7 Å². The molecule has 0 aliphatic rings. The van der Waals surface area contributed by atoms with Crippen LogP contribution in [0.2, 0.25) is 25.7 Å². The van der Waals surface area contributed by atoms with E-state index in [1.54, 1.807) is 31.2 Å². The number of hydrogen-bond acceptors (Lipinski definition) is 6.